The van der Waals surface area contributed by atoms with E-state index in [4.69, 9.17) is 4.74 Å². The minimum atomic E-state index is -3.52. The van der Waals surface area contributed by atoms with Gasteiger partial charge in [0.2, 0.25) is 21.8 Å². The molecule has 1 fully saturated rings. The van der Waals surface area contributed by atoms with Crippen LogP contribution in [0.15, 0.2) is 46.0 Å². The minimum Gasteiger partial charge on any atom is -0.497 e. The second-order valence-electron chi connectivity index (χ2n) is 7.44. The Labute approximate surface area is 186 Å². The summed E-state index contributed by atoms with van der Waals surface area (Å²) in [5, 5.41) is 4.57. The van der Waals surface area contributed by atoms with Gasteiger partial charge in [-0.1, -0.05) is 18.2 Å². The number of ether oxygens (including phenoxy) is 1. The van der Waals surface area contributed by atoms with E-state index in [1.54, 1.807) is 41.7 Å². The molecule has 0 spiro atoms. The van der Waals surface area contributed by atoms with Crippen LogP contribution in [0, 0.1) is 0 Å². The number of carbonyl (C=O) groups excluding carboxylic acids is 2. The molecule has 31 heavy (non-hydrogen) atoms. The average Bonchev–Trinajstić information content (AvgIpc) is 3.29. The smallest absolute Gasteiger partial charge is 0.250 e. The number of hydrogen-bond donors (Lipinski definition) is 2. The van der Waals surface area contributed by atoms with E-state index in [9.17, 15) is 18.0 Å². The molecule has 1 atom stereocenters. The van der Waals surface area contributed by atoms with Gasteiger partial charge in [-0.3, -0.25) is 9.59 Å². The normalized spacial score (nSPS) is 16.0. The summed E-state index contributed by atoms with van der Waals surface area (Å²) in [5.41, 5.74) is 0.822. The van der Waals surface area contributed by atoms with Crippen molar-refractivity contribution in [3.63, 3.8) is 0 Å². The highest BCUT2D eigenvalue weighted by molar-refractivity contribution is 7.91. The summed E-state index contributed by atoms with van der Waals surface area (Å²) >= 11 is 1.18. The minimum absolute atomic E-state index is 0.0749. The van der Waals surface area contributed by atoms with Crippen LogP contribution >= 0.6 is 11.3 Å². The molecule has 0 bridgehead atoms. The maximum Gasteiger partial charge on any atom is 0.250 e. The van der Waals surface area contributed by atoms with Crippen molar-refractivity contribution in [3.8, 4) is 5.75 Å². The van der Waals surface area contributed by atoms with Crippen molar-refractivity contribution in [2.45, 2.75) is 42.5 Å². The van der Waals surface area contributed by atoms with Gasteiger partial charge in [0, 0.05) is 26.1 Å². The Balaban J connectivity index is 1.57. The van der Waals surface area contributed by atoms with E-state index in [1.807, 2.05) is 12.1 Å². The Morgan fingerprint density at radius 2 is 1.87 bits per heavy atom. The number of likely N-dealkylation sites (tertiary alicyclic amines) is 1. The zero-order valence-corrected chi connectivity index (χ0v) is 19.2. The second kappa shape index (κ2) is 10.3. The van der Waals surface area contributed by atoms with E-state index in [2.05, 4.69) is 10.0 Å². The molecule has 0 radical (unpaired) electrons. The van der Waals surface area contributed by atoms with Gasteiger partial charge >= 0.3 is 0 Å². The first-order valence-electron chi connectivity index (χ1n) is 10.0. The van der Waals surface area contributed by atoms with Gasteiger partial charge in [0.05, 0.1) is 19.6 Å². The van der Waals surface area contributed by atoms with Crippen LogP contribution in [0.5, 0.6) is 5.75 Å². The van der Waals surface area contributed by atoms with Gasteiger partial charge in [-0.05, 0) is 42.0 Å². The van der Waals surface area contributed by atoms with Crippen LogP contribution in [-0.2, 0) is 19.6 Å². The van der Waals surface area contributed by atoms with Crippen LogP contribution in [-0.4, -0.2) is 51.4 Å². The molecule has 8 nitrogen and oxygen atoms in total. The number of nitrogens with one attached hydrogen (secondary N) is 2. The third-order valence-electron chi connectivity index (χ3n) is 5.20. The lowest BCUT2D eigenvalue weighted by Crippen LogP contribution is -2.47. The highest BCUT2D eigenvalue weighted by Gasteiger charge is 2.28. The molecule has 1 aromatic heterocycles. The molecule has 3 rings (SSSR count). The van der Waals surface area contributed by atoms with Gasteiger partial charge in [-0.25, -0.2) is 13.1 Å². The maximum atomic E-state index is 12.9. The summed E-state index contributed by atoms with van der Waals surface area (Å²) in [4.78, 5) is 26.3. The predicted octanol–water partition coefficient (Wildman–Crippen LogP) is 2.29. The van der Waals surface area contributed by atoms with Gasteiger partial charge in [0.25, 0.3) is 0 Å². The zero-order chi connectivity index (χ0) is 22.4. The summed E-state index contributed by atoms with van der Waals surface area (Å²) in [7, 11) is -1.94. The lowest BCUT2D eigenvalue weighted by molar-refractivity contribution is -0.133. The van der Waals surface area contributed by atoms with Crippen molar-refractivity contribution in [1.29, 1.82) is 0 Å². The number of piperidine rings is 1. The Bertz CT molecular complexity index is 983. The van der Waals surface area contributed by atoms with E-state index >= 15 is 0 Å². The molecule has 1 unspecified atom stereocenters. The SMILES string of the molecule is COc1ccc(C(CC(=O)N2CCC(NS(=O)(=O)c3cccs3)CC2)NC(C)=O)cc1. The van der Waals surface area contributed by atoms with E-state index in [0.717, 1.165) is 5.56 Å². The first-order chi connectivity index (χ1) is 14.8. The number of amides is 2. The van der Waals surface area contributed by atoms with Crippen LogP contribution in [0.2, 0.25) is 0 Å². The molecule has 2 N–H and O–H groups in total. The number of hydrogen-bond acceptors (Lipinski definition) is 6. The first kappa shape index (κ1) is 23.2. The van der Waals surface area contributed by atoms with Crippen molar-refractivity contribution < 1.29 is 22.7 Å². The molecule has 2 amide bonds. The number of benzene rings is 1. The molecule has 2 aromatic rings. The highest BCUT2D eigenvalue weighted by Crippen LogP contribution is 2.23. The molecule has 1 aromatic carbocycles. The third-order valence-corrected chi connectivity index (χ3v) is 8.12. The maximum absolute atomic E-state index is 12.9. The summed E-state index contributed by atoms with van der Waals surface area (Å²) in [6, 6.07) is 9.88. The average molecular weight is 466 g/mol. The largest absolute Gasteiger partial charge is 0.497 e. The van der Waals surface area contributed by atoms with Crippen molar-refractivity contribution in [2.24, 2.45) is 0 Å². The summed E-state index contributed by atoms with van der Waals surface area (Å²) < 4.78 is 33.0. The topological polar surface area (TPSA) is 105 Å². The Kier molecular flexibility index (Phi) is 7.69. The number of methoxy groups -OCH3 is 1. The lowest BCUT2D eigenvalue weighted by atomic mass is 10.0. The van der Waals surface area contributed by atoms with Gasteiger partial charge in [0.15, 0.2) is 0 Å². The standard InChI is InChI=1S/C21H27N3O5S2/c1-15(25)22-19(16-5-7-18(29-2)8-6-16)14-20(26)24-11-9-17(10-12-24)23-31(27,28)21-4-3-13-30-21/h3-8,13,17,19,23H,9-12,14H2,1-2H3,(H,22,25). The molecule has 0 saturated carbocycles. The van der Waals surface area contributed by atoms with Crippen LogP contribution in [0.3, 0.4) is 0 Å². The van der Waals surface area contributed by atoms with Crippen LogP contribution in [0.25, 0.3) is 0 Å². The summed E-state index contributed by atoms with van der Waals surface area (Å²) in [5.74, 6) is 0.410. The summed E-state index contributed by atoms with van der Waals surface area (Å²) in [6.45, 7) is 2.35. The van der Waals surface area contributed by atoms with Crippen molar-refractivity contribution in [1.82, 2.24) is 14.9 Å². The monoisotopic (exact) mass is 465 g/mol. The highest BCUT2D eigenvalue weighted by atomic mass is 32.2. The van der Waals surface area contributed by atoms with E-state index in [0.29, 0.717) is 35.9 Å². The number of nitrogens with zero attached hydrogens (tertiary/aromatic N) is 1. The molecular weight excluding hydrogens is 438 g/mol. The van der Waals surface area contributed by atoms with E-state index in [-0.39, 0.29) is 24.3 Å². The van der Waals surface area contributed by atoms with E-state index in [1.165, 1.54) is 18.3 Å². The lowest BCUT2D eigenvalue weighted by Gasteiger charge is -2.33. The molecule has 10 heteroatoms. The Morgan fingerprint density at radius 3 is 2.42 bits per heavy atom. The van der Waals surface area contributed by atoms with Crippen LogP contribution < -0.4 is 14.8 Å². The zero-order valence-electron chi connectivity index (χ0n) is 17.5. The van der Waals surface area contributed by atoms with Crippen molar-refractivity contribution in [3.05, 3.63) is 47.3 Å². The summed E-state index contributed by atoms with van der Waals surface area (Å²) in [6.07, 6.45) is 1.23. The fourth-order valence-corrected chi connectivity index (χ4v) is 5.89. The fraction of sp³-hybridized carbons (Fsp3) is 0.429. The molecule has 2 heterocycles. The second-order valence-corrected chi connectivity index (χ2v) is 10.3. The van der Waals surface area contributed by atoms with Crippen LogP contribution in [0.4, 0.5) is 0 Å². The molecule has 0 aliphatic carbocycles. The van der Waals surface area contributed by atoms with Gasteiger partial charge in [0.1, 0.15) is 9.96 Å². The molecule has 168 valence electrons. The first-order valence-corrected chi connectivity index (χ1v) is 12.4. The van der Waals surface area contributed by atoms with Crippen molar-refractivity contribution in [2.75, 3.05) is 20.2 Å². The van der Waals surface area contributed by atoms with Gasteiger partial charge in [-0.2, -0.15) is 0 Å². The quantitative estimate of drug-likeness (QED) is 0.622. The molecule has 1 aliphatic rings. The number of sulfonamides is 1. The molecule has 1 saturated heterocycles. The predicted molar refractivity (Wildman–Crippen MR) is 118 cm³/mol. The Morgan fingerprint density at radius 1 is 1.19 bits per heavy atom. The Hall–Kier alpha value is -2.43. The fourth-order valence-electron chi connectivity index (χ4n) is 3.58. The van der Waals surface area contributed by atoms with E-state index < -0.39 is 16.1 Å². The number of carbonyl (C=O) groups is 2. The van der Waals surface area contributed by atoms with Crippen LogP contribution in [0.1, 0.15) is 37.8 Å². The number of thiophene rings is 1. The molecule has 1 aliphatic heterocycles. The van der Waals surface area contributed by atoms with Crippen molar-refractivity contribution >= 4 is 33.2 Å². The van der Waals surface area contributed by atoms with Gasteiger partial charge in [-0.15, -0.1) is 11.3 Å². The van der Waals surface area contributed by atoms with Gasteiger partial charge < -0.3 is 15.0 Å². The number of rotatable bonds is 8. The molecular formula is C21H27N3O5S2. The third kappa shape index (κ3) is 6.28.